The van der Waals surface area contributed by atoms with Gasteiger partial charge in [0.15, 0.2) is 0 Å². The van der Waals surface area contributed by atoms with Gasteiger partial charge in [-0.3, -0.25) is 9.78 Å². The van der Waals surface area contributed by atoms with Crippen LogP contribution in [0.2, 0.25) is 5.02 Å². The molecule has 0 saturated carbocycles. The zero-order valence-electron chi connectivity index (χ0n) is 10.1. The molecule has 0 spiro atoms. The summed E-state index contributed by atoms with van der Waals surface area (Å²) in [7, 11) is -2.36. The summed E-state index contributed by atoms with van der Waals surface area (Å²) >= 11 is 5.83. The van der Waals surface area contributed by atoms with Gasteiger partial charge in [-0.25, -0.2) is 8.42 Å². The minimum Gasteiger partial charge on any atom is -0.358 e. The predicted octanol–water partition coefficient (Wildman–Crippen LogP) is 0.492. The number of nitrogens with one attached hydrogen (secondary N) is 1. The standard InChI is InChI=1S/C10H14ClN3O3S/c1-3-14(7-10(15)12-2)18(16,17)9-6-13-5-4-8(9)11/h4-6H,3,7H2,1-2H3,(H,12,15). The van der Waals surface area contributed by atoms with E-state index in [0.717, 1.165) is 4.31 Å². The van der Waals surface area contributed by atoms with E-state index in [-0.39, 0.29) is 28.9 Å². The Morgan fingerprint density at radius 2 is 2.22 bits per heavy atom. The highest BCUT2D eigenvalue weighted by molar-refractivity contribution is 7.89. The fourth-order valence-corrected chi connectivity index (χ4v) is 3.11. The molecule has 0 radical (unpaired) electrons. The maximum atomic E-state index is 12.3. The van der Waals surface area contributed by atoms with Crippen molar-refractivity contribution < 1.29 is 13.2 Å². The van der Waals surface area contributed by atoms with Gasteiger partial charge in [-0.05, 0) is 6.07 Å². The first-order chi connectivity index (χ1) is 8.43. The van der Waals surface area contributed by atoms with E-state index in [0.29, 0.717) is 0 Å². The molecule has 0 atom stereocenters. The third-order valence-electron chi connectivity index (χ3n) is 2.30. The first kappa shape index (κ1) is 14.9. The van der Waals surface area contributed by atoms with Crippen molar-refractivity contribution in [1.82, 2.24) is 14.6 Å². The minimum atomic E-state index is -3.81. The number of pyridine rings is 1. The lowest BCUT2D eigenvalue weighted by Crippen LogP contribution is -2.39. The molecule has 0 unspecified atom stereocenters. The second-order valence-electron chi connectivity index (χ2n) is 3.41. The monoisotopic (exact) mass is 291 g/mol. The van der Waals surface area contributed by atoms with Gasteiger partial charge in [-0.2, -0.15) is 4.31 Å². The average molecular weight is 292 g/mol. The number of hydrogen-bond acceptors (Lipinski definition) is 4. The molecule has 1 aromatic heterocycles. The van der Waals surface area contributed by atoms with Crippen LogP contribution in [0.3, 0.4) is 0 Å². The molecule has 1 rings (SSSR count). The Hall–Kier alpha value is -1.18. The maximum absolute atomic E-state index is 12.3. The number of amides is 1. The van der Waals surface area contributed by atoms with Crippen LogP contribution in [0.4, 0.5) is 0 Å². The maximum Gasteiger partial charge on any atom is 0.246 e. The minimum absolute atomic E-state index is 0.0837. The Kier molecular flexibility index (Phi) is 5.06. The molecule has 0 fully saturated rings. The highest BCUT2D eigenvalue weighted by Gasteiger charge is 2.27. The van der Waals surface area contributed by atoms with E-state index in [1.807, 2.05) is 0 Å². The van der Waals surface area contributed by atoms with Crippen molar-refractivity contribution >= 4 is 27.5 Å². The molecule has 1 aromatic rings. The van der Waals surface area contributed by atoms with Crippen LogP contribution in [-0.4, -0.2) is 43.8 Å². The summed E-state index contributed by atoms with van der Waals surface area (Å²) in [5, 5.41) is 2.46. The number of carbonyl (C=O) groups is 1. The number of aromatic nitrogens is 1. The molecule has 1 N–H and O–H groups in total. The largest absolute Gasteiger partial charge is 0.358 e. The molecular formula is C10H14ClN3O3S. The van der Waals surface area contributed by atoms with Gasteiger partial charge in [0.1, 0.15) is 4.90 Å². The van der Waals surface area contributed by atoms with Crippen molar-refractivity contribution in [3.8, 4) is 0 Å². The van der Waals surface area contributed by atoms with Crippen LogP contribution in [0.15, 0.2) is 23.4 Å². The Labute approximate surface area is 111 Å². The van der Waals surface area contributed by atoms with E-state index < -0.39 is 10.0 Å². The van der Waals surface area contributed by atoms with Gasteiger partial charge in [0.2, 0.25) is 15.9 Å². The molecule has 0 aromatic carbocycles. The van der Waals surface area contributed by atoms with Gasteiger partial charge in [-0.15, -0.1) is 0 Å². The molecule has 0 saturated heterocycles. The van der Waals surface area contributed by atoms with E-state index in [1.165, 1.54) is 25.5 Å². The van der Waals surface area contributed by atoms with Gasteiger partial charge in [0, 0.05) is 26.0 Å². The Morgan fingerprint density at radius 1 is 1.56 bits per heavy atom. The molecule has 6 nitrogen and oxygen atoms in total. The summed E-state index contributed by atoms with van der Waals surface area (Å²) in [6.45, 7) is 1.56. The van der Waals surface area contributed by atoms with E-state index >= 15 is 0 Å². The lowest BCUT2D eigenvalue weighted by molar-refractivity contribution is -0.120. The molecule has 1 amide bonds. The summed E-state index contributed by atoms with van der Waals surface area (Å²) in [5.41, 5.74) is 0. The average Bonchev–Trinajstić information content (AvgIpc) is 2.35. The Morgan fingerprint density at radius 3 is 2.72 bits per heavy atom. The van der Waals surface area contributed by atoms with Crippen LogP contribution in [0.1, 0.15) is 6.92 Å². The van der Waals surface area contributed by atoms with Crippen LogP contribution >= 0.6 is 11.6 Å². The zero-order valence-corrected chi connectivity index (χ0v) is 11.6. The van der Waals surface area contributed by atoms with Gasteiger partial charge in [0.25, 0.3) is 0 Å². The van der Waals surface area contributed by atoms with Gasteiger partial charge >= 0.3 is 0 Å². The summed E-state index contributed by atoms with van der Waals surface area (Å²) in [5.74, 6) is -0.388. The molecule has 0 aliphatic carbocycles. The molecular weight excluding hydrogens is 278 g/mol. The van der Waals surface area contributed by atoms with Crippen molar-refractivity contribution in [3.05, 3.63) is 23.5 Å². The van der Waals surface area contributed by atoms with E-state index in [1.54, 1.807) is 6.92 Å². The summed E-state index contributed by atoms with van der Waals surface area (Å²) < 4.78 is 25.6. The Balaban J connectivity index is 3.12. The summed E-state index contributed by atoms with van der Waals surface area (Å²) in [6, 6.07) is 1.39. The molecule has 0 aliphatic rings. The quantitative estimate of drug-likeness (QED) is 0.856. The third kappa shape index (κ3) is 3.18. The number of halogens is 1. The van der Waals surface area contributed by atoms with Crippen molar-refractivity contribution in [3.63, 3.8) is 0 Å². The van der Waals surface area contributed by atoms with Crippen LogP contribution in [0.5, 0.6) is 0 Å². The first-order valence-electron chi connectivity index (χ1n) is 5.23. The zero-order chi connectivity index (χ0) is 13.8. The number of likely N-dealkylation sites (N-methyl/N-ethyl adjacent to an activating group) is 2. The van der Waals surface area contributed by atoms with Crippen LogP contribution in [0, 0.1) is 0 Å². The second kappa shape index (κ2) is 6.12. The van der Waals surface area contributed by atoms with Gasteiger partial charge in [0.05, 0.1) is 11.6 Å². The SMILES string of the molecule is CCN(CC(=O)NC)S(=O)(=O)c1cnccc1Cl. The molecule has 100 valence electrons. The highest BCUT2D eigenvalue weighted by atomic mass is 35.5. The van der Waals surface area contributed by atoms with Crippen LogP contribution in [0.25, 0.3) is 0 Å². The van der Waals surface area contributed by atoms with Gasteiger partial charge < -0.3 is 5.32 Å². The summed E-state index contributed by atoms with van der Waals surface area (Å²) in [6.07, 6.45) is 2.57. The van der Waals surface area contributed by atoms with Crippen molar-refractivity contribution in [2.45, 2.75) is 11.8 Å². The smallest absolute Gasteiger partial charge is 0.246 e. The van der Waals surface area contributed by atoms with Gasteiger partial charge in [-0.1, -0.05) is 18.5 Å². The van der Waals surface area contributed by atoms with E-state index in [4.69, 9.17) is 11.6 Å². The lowest BCUT2D eigenvalue weighted by atomic mass is 10.5. The van der Waals surface area contributed by atoms with Crippen LogP contribution < -0.4 is 5.32 Å². The second-order valence-corrected chi connectivity index (χ2v) is 5.72. The van der Waals surface area contributed by atoms with Crippen molar-refractivity contribution in [2.75, 3.05) is 20.1 Å². The molecule has 1 heterocycles. The summed E-state index contributed by atoms with van der Waals surface area (Å²) in [4.78, 5) is 14.9. The topological polar surface area (TPSA) is 79.4 Å². The number of carbonyl (C=O) groups excluding carboxylic acids is 1. The highest BCUT2D eigenvalue weighted by Crippen LogP contribution is 2.22. The lowest BCUT2D eigenvalue weighted by Gasteiger charge is -2.19. The van der Waals surface area contributed by atoms with Crippen LogP contribution in [-0.2, 0) is 14.8 Å². The molecule has 8 heteroatoms. The van der Waals surface area contributed by atoms with Crippen molar-refractivity contribution in [1.29, 1.82) is 0 Å². The fourth-order valence-electron chi connectivity index (χ4n) is 1.30. The molecule has 0 aliphatic heterocycles. The number of nitrogens with zero attached hydrogens (tertiary/aromatic N) is 2. The predicted molar refractivity (Wildman–Crippen MR) is 67.7 cm³/mol. The third-order valence-corrected chi connectivity index (χ3v) is 4.69. The first-order valence-corrected chi connectivity index (χ1v) is 7.05. The number of rotatable bonds is 5. The molecule has 18 heavy (non-hydrogen) atoms. The Bertz CT molecular complexity index is 533. The number of sulfonamides is 1. The normalized spacial score (nSPS) is 11.6. The van der Waals surface area contributed by atoms with E-state index in [2.05, 4.69) is 10.3 Å². The number of hydrogen-bond donors (Lipinski definition) is 1. The fraction of sp³-hybridized carbons (Fsp3) is 0.400. The van der Waals surface area contributed by atoms with E-state index in [9.17, 15) is 13.2 Å². The van der Waals surface area contributed by atoms with Crippen molar-refractivity contribution in [2.24, 2.45) is 0 Å². The molecule has 0 bridgehead atoms.